The van der Waals surface area contributed by atoms with Crippen molar-refractivity contribution in [2.24, 2.45) is 5.92 Å². The molecule has 4 aliphatic rings. The van der Waals surface area contributed by atoms with Crippen LogP contribution in [0, 0.1) is 5.92 Å². The van der Waals surface area contributed by atoms with Gasteiger partial charge >= 0.3 is 12.1 Å². The van der Waals surface area contributed by atoms with Gasteiger partial charge in [0.2, 0.25) is 0 Å². The molecule has 6 rings (SSSR count). The van der Waals surface area contributed by atoms with Crippen LogP contribution in [-0.4, -0.2) is 134 Å². The summed E-state index contributed by atoms with van der Waals surface area (Å²) in [6.45, 7) is 4.94. The third-order valence-electron chi connectivity index (χ3n) is 11.0. The molecule has 4 aliphatic heterocycles. The largest absolute Gasteiger partial charge is 0.509 e. The summed E-state index contributed by atoms with van der Waals surface area (Å²) in [4.78, 5) is 48.6. The SMILES string of the molecule is Bc1cc(C[C@@H](OC(=O)N2CCC(N3CCc4ccccc4NC3=O)CC2)C(=O)N2CCC(N3CCC(CO)CC3)CC2)cc(B)c1O. The van der Waals surface area contributed by atoms with Gasteiger partial charge in [0.05, 0.1) is 0 Å². The summed E-state index contributed by atoms with van der Waals surface area (Å²) in [6, 6.07) is 11.9. The lowest BCUT2D eigenvalue weighted by Gasteiger charge is -2.42. The number of nitrogens with zero attached hydrogens (tertiary/aromatic N) is 4. The highest BCUT2D eigenvalue weighted by molar-refractivity contribution is 6.41. The average molecular weight is 657 g/mol. The fraction of sp³-hybridized carbons (Fsp3) is 0.571. The smallest absolute Gasteiger partial charge is 0.410 e. The maximum absolute atomic E-state index is 14.0. The summed E-state index contributed by atoms with van der Waals surface area (Å²) >= 11 is 0. The van der Waals surface area contributed by atoms with Crippen molar-refractivity contribution in [1.82, 2.24) is 19.6 Å². The van der Waals surface area contributed by atoms with Crippen molar-refractivity contribution in [1.29, 1.82) is 0 Å². The first kappa shape index (κ1) is 34.2. The number of amides is 4. The maximum Gasteiger partial charge on any atom is 0.410 e. The number of nitrogens with one attached hydrogen (secondary N) is 1. The quantitative estimate of drug-likeness (QED) is 0.364. The number of hydrogen-bond acceptors (Lipinski definition) is 7. The first-order chi connectivity index (χ1) is 23.2. The lowest BCUT2D eigenvalue weighted by molar-refractivity contribution is -0.142. The van der Waals surface area contributed by atoms with Crippen LogP contribution in [0.1, 0.15) is 49.7 Å². The van der Waals surface area contributed by atoms with Crippen molar-refractivity contribution in [2.45, 2.75) is 69.6 Å². The minimum Gasteiger partial charge on any atom is -0.509 e. The Bertz CT molecular complexity index is 1450. The number of para-hydroxylation sites is 1. The van der Waals surface area contributed by atoms with E-state index in [0.29, 0.717) is 57.5 Å². The van der Waals surface area contributed by atoms with Gasteiger partial charge in [0.25, 0.3) is 5.91 Å². The van der Waals surface area contributed by atoms with Gasteiger partial charge in [-0.15, -0.1) is 0 Å². The molecule has 4 heterocycles. The Morgan fingerprint density at radius 2 is 1.50 bits per heavy atom. The van der Waals surface area contributed by atoms with E-state index >= 15 is 0 Å². The highest BCUT2D eigenvalue weighted by Gasteiger charge is 2.36. The van der Waals surface area contributed by atoms with E-state index in [2.05, 4.69) is 10.2 Å². The van der Waals surface area contributed by atoms with Crippen molar-refractivity contribution in [2.75, 3.05) is 57.7 Å². The number of carbonyl (C=O) groups is 3. The minimum atomic E-state index is -0.981. The second kappa shape index (κ2) is 15.2. The fourth-order valence-electron chi connectivity index (χ4n) is 8.01. The maximum atomic E-state index is 14.0. The van der Waals surface area contributed by atoms with Crippen LogP contribution in [-0.2, 0) is 22.4 Å². The molecule has 2 aromatic rings. The number of piperidine rings is 3. The molecule has 0 spiro atoms. The first-order valence-corrected chi connectivity index (χ1v) is 17.7. The molecule has 4 amide bonds. The molecule has 256 valence electrons. The van der Waals surface area contributed by atoms with E-state index in [1.165, 1.54) is 0 Å². The second-order valence-electron chi connectivity index (χ2n) is 14.1. The van der Waals surface area contributed by atoms with Crippen molar-refractivity contribution in [3.63, 3.8) is 0 Å². The van der Waals surface area contributed by atoms with Crippen LogP contribution in [0.2, 0.25) is 0 Å². The summed E-state index contributed by atoms with van der Waals surface area (Å²) in [5.41, 5.74) is 4.25. The number of hydrogen-bond donors (Lipinski definition) is 3. The first-order valence-electron chi connectivity index (χ1n) is 17.7. The number of fused-ring (bicyclic) bond motifs is 1. The van der Waals surface area contributed by atoms with Crippen molar-refractivity contribution in [3.05, 3.63) is 47.5 Å². The molecule has 0 aromatic heterocycles. The molecule has 0 radical (unpaired) electrons. The molecule has 1 atom stereocenters. The molecule has 0 aliphatic carbocycles. The van der Waals surface area contributed by atoms with E-state index in [9.17, 15) is 24.6 Å². The standard InChI is InChI=1S/C35H49B2N5O6/c36-28-19-24(20-29(37)32(28)44)21-31(33(45)40-14-8-26(9-15-40)39-12-5-23(22-43)6-13-39)48-35(47)41-16-10-27(11-17-41)42-18-7-25-3-1-2-4-30(25)38-34(42)46/h1-4,19-20,23,26-27,31,43-44H,5-18,21-22,36-37H2,(H,38,46)/t31-/m1/s1. The molecular formula is C35H49B2N5O6. The van der Waals surface area contributed by atoms with Crippen LogP contribution < -0.4 is 16.2 Å². The third kappa shape index (κ3) is 7.78. The van der Waals surface area contributed by atoms with Gasteiger partial charge < -0.3 is 39.9 Å². The van der Waals surface area contributed by atoms with Crippen LogP contribution in [0.4, 0.5) is 15.3 Å². The van der Waals surface area contributed by atoms with Crippen LogP contribution in [0.25, 0.3) is 0 Å². The summed E-state index contributed by atoms with van der Waals surface area (Å²) < 4.78 is 6.06. The normalized spacial score (nSPS) is 20.9. The molecule has 0 bridgehead atoms. The van der Waals surface area contributed by atoms with E-state index in [-0.39, 0.29) is 36.8 Å². The number of benzene rings is 2. The van der Waals surface area contributed by atoms with Gasteiger partial charge in [-0.1, -0.05) is 30.3 Å². The molecule has 3 fully saturated rings. The Kier molecular flexibility index (Phi) is 10.9. The zero-order valence-electron chi connectivity index (χ0n) is 28.4. The molecule has 3 N–H and O–H groups in total. The Hall–Kier alpha value is -3.70. The third-order valence-corrected chi connectivity index (χ3v) is 11.0. The topological polar surface area (TPSA) is 126 Å². The van der Waals surface area contributed by atoms with Crippen molar-refractivity contribution >= 4 is 50.3 Å². The average Bonchev–Trinajstić information content (AvgIpc) is 3.28. The Morgan fingerprint density at radius 1 is 0.875 bits per heavy atom. The number of urea groups is 1. The lowest BCUT2D eigenvalue weighted by atomic mass is 9.83. The van der Waals surface area contributed by atoms with Crippen LogP contribution in [0.3, 0.4) is 0 Å². The van der Waals surface area contributed by atoms with Gasteiger partial charge in [0.15, 0.2) is 6.10 Å². The summed E-state index contributed by atoms with van der Waals surface area (Å²) in [5.74, 6) is 0.441. The predicted molar refractivity (Wildman–Crippen MR) is 190 cm³/mol. The Labute approximate surface area is 285 Å². The summed E-state index contributed by atoms with van der Waals surface area (Å²) in [6.07, 6.45) is 4.55. The molecule has 2 aromatic carbocycles. The van der Waals surface area contributed by atoms with E-state index in [0.717, 1.165) is 72.9 Å². The Morgan fingerprint density at radius 3 is 2.17 bits per heavy atom. The minimum absolute atomic E-state index is 0.0134. The molecule has 3 saturated heterocycles. The number of ether oxygens (including phenoxy) is 1. The fourth-order valence-corrected chi connectivity index (χ4v) is 8.01. The highest BCUT2D eigenvalue weighted by Crippen LogP contribution is 2.27. The summed E-state index contributed by atoms with van der Waals surface area (Å²) in [5, 5.41) is 22.9. The molecule has 11 nitrogen and oxygen atoms in total. The molecule has 13 heteroatoms. The van der Waals surface area contributed by atoms with Gasteiger partial charge in [-0.05, 0) is 92.1 Å². The van der Waals surface area contributed by atoms with Gasteiger partial charge in [-0.2, -0.15) is 0 Å². The van der Waals surface area contributed by atoms with Crippen molar-refractivity contribution in [3.8, 4) is 5.75 Å². The van der Waals surface area contributed by atoms with Crippen LogP contribution >= 0.6 is 0 Å². The molecule has 0 unspecified atom stereocenters. The lowest BCUT2D eigenvalue weighted by Crippen LogP contribution is -2.53. The van der Waals surface area contributed by atoms with Crippen LogP contribution in [0.15, 0.2) is 36.4 Å². The second-order valence-corrected chi connectivity index (χ2v) is 14.1. The number of phenols is 1. The van der Waals surface area contributed by atoms with E-state index < -0.39 is 12.2 Å². The number of aromatic hydroxyl groups is 1. The number of likely N-dealkylation sites (tertiary alicyclic amines) is 3. The number of aliphatic hydroxyl groups excluding tert-OH is 1. The zero-order chi connectivity index (χ0) is 33.8. The van der Waals surface area contributed by atoms with E-state index in [1.807, 2.05) is 61.9 Å². The highest BCUT2D eigenvalue weighted by atomic mass is 16.6. The van der Waals surface area contributed by atoms with Gasteiger partial charge in [0, 0.05) is 63.5 Å². The molecule has 48 heavy (non-hydrogen) atoms. The number of anilines is 1. The van der Waals surface area contributed by atoms with E-state index in [4.69, 9.17) is 4.74 Å². The number of carbonyl (C=O) groups excluding carboxylic acids is 3. The number of rotatable bonds is 7. The molecular weight excluding hydrogens is 608 g/mol. The van der Waals surface area contributed by atoms with Crippen molar-refractivity contribution < 1.29 is 29.3 Å². The zero-order valence-corrected chi connectivity index (χ0v) is 28.4. The number of phenolic OH excluding ortho intramolecular Hbond substituents is 1. The van der Waals surface area contributed by atoms with Gasteiger partial charge in [-0.25, -0.2) is 9.59 Å². The van der Waals surface area contributed by atoms with Gasteiger partial charge in [0.1, 0.15) is 21.4 Å². The van der Waals surface area contributed by atoms with Gasteiger partial charge in [-0.3, -0.25) is 4.79 Å². The summed E-state index contributed by atoms with van der Waals surface area (Å²) in [7, 11) is 3.66. The Balaban J connectivity index is 1.07. The monoisotopic (exact) mass is 657 g/mol. The van der Waals surface area contributed by atoms with E-state index in [1.54, 1.807) is 4.90 Å². The number of aliphatic hydroxyl groups is 1. The molecule has 0 saturated carbocycles. The van der Waals surface area contributed by atoms with Crippen LogP contribution in [0.5, 0.6) is 5.75 Å². The predicted octanol–water partition coefficient (Wildman–Crippen LogP) is 0.207.